The summed E-state index contributed by atoms with van der Waals surface area (Å²) in [4.78, 5) is 12.0. The highest BCUT2D eigenvalue weighted by Gasteiger charge is 2.16. The maximum Gasteiger partial charge on any atom is 0.323 e. The number of hydrogen-bond donors (Lipinski definition) is 2. The fraction of sp³-hybridized carbons (Fsp3) is 0.471. The summed E-state index contributed by atoms with van der Waals surface area (Å²) in [5, 5.41) is 5.63. The lowest BCUT2D eigenvalue weighted by atomic mass is 10.0. The Morgan fingerprint density at radius 3 is 2.76 bits per heavy atom. The van der Waals surface area contributed by atoms with E-state index in [2.05, 4.69) is 17.6 Å². The molecule has 0 atom stereocenters. The summed E-state index contributed by atoms with van der Waals surface area (Å²) >= 11 is 0. The van der Waals surface area contributed by atoms with Crippen molar-refractivity contribution < 1.29 is 9.53 Å². The molecule has 0 aliphatic heterocycles. The third kappa shape index (κ3) is 4.52. The van der Waals surface area contributed by atoms with Crippen LogP contribution in [0.5, 0.6) is 5.75 Å². The van der Waals surface area contributed by atoms with E-state index < -0.39 is 0 Å². The van der Waals surface area contributed by atoms with Crippen LogP contribution in [0.3, 0.4) is 0 Å². The van der Waals surface area contributed by atoms with Gasteiger partial charge in [0.1, 0.15) is 5.75 Å². The first-order valence-electron chi connectivity index (χ1n) is 7.66. The Kier molecular flexibility index (Phi) is 5.67. The molecule has 0 saturated heterocycles. The number of rotatable bonds is 5. The summed E-state index contributed by atoms with van der Waals surface area (Å²) in [5.41, 5.74) is 1.93. The lowest BCUT2D eigenvalue weighted by molar-refractivity contribution is 0.254. The quantitative estimate of drug-likeness (QED) is 0.848. The Labute approximate surface area is 126 Å². The average molecular weight is 288 g/mol. The lowest BCUT2D eigenvalue weighted by Gasteiger charge is -2.12. The molecule has 1 aliphatic carbocycles. The van der Waals surface area contributed by atoms with Gasteiger partial charge in [0.15, 0.2) is 0 Å². The zero-order valence-corrected chi connectivity index (χ0v) is 12.8. The van der Waals surface area contributed by atoms with Gasteiger partial charge >= 0.3 is 6.03 Å². The monoisotopic (exact) mass is 288 g/mol. The van der Waals surface area contributed by atoms with Crippen LogP contribution in [0.1, 0.15) is 39.5 Å². The van der Waals surface area contributed by atoms with Gasteiger partial charge in [0.2, 0.25) is 0 Å². The number of allylic oxidation sites excluding steroid dienone is 1. The molecule has 2 amide bonds. The topological polar surface area (TPSA) is 50.4 Å². The molecule has 21 heavy (non-hydrogen) atoms. The van der Waals surface area contributed by atoms with Crippen molar-refractivity contribution in [3.63, 3.8) is 0 Å². The number of carbonyl (C=O) groups excluding carboxylic acids is 1. The van der Waals surface area contributed by atoms with Crippen molar-refractivity contribution in [1.82, 2.24) is 5.32 Å². The summed E-state index contributed by atoms with van der Waals surface area (Å²) in [7, 11) is 0. The van der Waals surface area contributed by atoms with Gasteiger partial charge in [-0.2, -0.15) is 0 Å². The summed E-state index contributed by atoms with van der Waals surface area (Å²) in [6.45, 7) is 4.58. The zero-order valence-electron chi connectivity index (χ0n) is 12.8. The molecule has 2 rings (SSSR count). The molecule has 1 aromatic rings. The third-order valence-electron chi connectivity index (χ3n) is 3.87. The predicted molar refractivity (Wildman–Crippen MR) is 85.5 cm³/mol. The van der Waals surface area contributed by atoms with Gasteiger partial charge < -0.3 is 15.4 Å². The van der Waals surface area contributed by atoms with Crippen LogP contribution in [-0.4, -0.2) is 12.6 Å². The Hall–Kier alpha value is -1.97. The summed E-state index contributed by atoms with van der Waals surface area (Å²) in [5.74, 6) is 1.31. The van der Waals surface area contributed by atoms with Gasteiger partial charge in [-0.15, -0.1) is 0 Å². The molecule has 0 bridgehead atoms. The van der Waals surface area contributed by atoms with Crippen molar-refractivity contribution in [3.05, 3.63) is 36.0 Å². The van der Waals surface area contributed by atoms with E-state index in [1.807, 2.05) is 37.4 Å². The van der Waals surface area contributed by atoms with Gasteiger partial charge in [0.25, 0.3) is 0 Å². The van der Waals surface area contributed by atoms with E-state index in [1.165, 1.54) is 31.3 Å². The minimum atomic E-state index is -0.237. The van der Waals surface area contributed by atoms with Crippen LogP contribution in [0.25, 0.3) is 0 Å². The molecule has 1 aromatic carbocycles. The van der Waals surface area contributed by atoms with Crippen LogP contribution < -0.4 is 15.4 Å². The maximum absolute atomic E-state index is 12.0. The van der Waals surface area contributed by atoms with Crippen molar-refractivity contribution in [2.45, 2.75) is 39.5 Å². The van der Waals surface area contributed by atoms with Crippen LogP contribution in [-0.2, 0) is 0 Å². The molecule has 0 spiro atoms. The first-order chi connectivity index (χ1) is 10.2. The lowest BCUT2D eigenvalue weighted by Crippen LogP contribution is -2.25. The van der Waals surface area contributed by atoms with Gasteiger partial charge in [0, 0.05) is 6.20 Å². The second-order valence-electron chi connectivity index (χ2n) is 5.40. The fourth-order valence-corrected chi connectivity index (χ4v) is 2.69. The Balaban J connectivity index is 1.91. The van der Waals surface area contributed by atoms with Crippen LogP contribution in [0.4, 0.5) is 10.5 Å². The largest absolute Gasteiger partial charge is 0.492 e. The van der Waals surface area contributed by atoms with E-state index >= 15 is 0 Å². The molecule has 0 heterocycles. The molecule has 1 aliphatic rings. The van der Waals surface area contributed by atoms with Gasteiger partial charge in [-0.3, -0.25) is 0 Å². The number of para-hydroxylation sites is 2. The van der Waals surface area contributed by atoms with Crippen LogP contribution in [0.15, 0.2) is 36.0 Å². The maximum atomic E-state index is 12.0. The smallest absolute Gasteiger partial charge is 0.323 e. The highest BCUT2D eigenvalue weighted by Crippen LogP contribution is 2.30. The van der Waals surface area contributed by atoms with E-state index in [0.717, 1.165) is 0 Å². The van der Waals surface area contributed by atoms with Crippen molar-refractivity contribution in [1.29, 1.82) is 0 Å². The predicted octanol–water partition coefficient (Wildman–Crippen LogP) is 4.30. The second kappa shape index (κ2) is 7.72. The molecule has 4 nitrogen and oxygen atoms in total. The molecule has 0 aromatic heterocycles. The Morgan fingerprint density at radius 1 is 1.33 bits per heavy atom. The molecule has 1 fully saturated rings. The Morgan fingerprint density at radius 2 is 2.05 bits per heavy atom. The molecule has 0 radical (unpaired) electrons. The standard InChI is InChI=1S/C17H24N2O2/c1-3-21-16-11-7-6-10-15(16)19-17(20)18-12-13(2)14-8-4-5-9-14/h6-7,10-12,14H,3-5,8-9H2,1-2H3,(H2,18,19,20)/b13-12+. The van der Waals surface area contributed by atoms with E-state index in [1.54, 1.807) is 0 Å². The van der Waals surface area contributed by atoms with Gasteiger partial charge in [-0.25, -0.2) is 4.79 Å². The number of nitrogens with one attached hydrogen (secondary N) is 2. The highest BCUT2D eigenvalue weighted by atomic mass is 16.5. The number of benzene rings is 1. The minimum absolute atomic E-state index is 0.237. The van der Waals surface area contributed by atoms with Crippen molar-refractivity contribution in [3.8, 4) is 5.75 Å². The molecule has 0 unspecified atom stereocenters. The number of urea groups is 1. The molecule has 2 N–H and O–H groups in total. The number of amides is 2. The van der Waals surface area contributed by atoms with Crippen molar-refractivity contribution >= 4 is 11.7 Å². The SMILES string of the molecule is CCOc1ccccc1NC(=O)N/C=C(\C)C1CCCC1. The van der Waals surface area contributed by atoms with Gasteiger partial charge in [-0.05, 0) is 44.7 Å². The highest BCUT2D eigenvalue weighted by molar-refractivity contribution is 5.91. The fourth-order valence-electron chi connectivity index (χ4n) is 2.69. The van der Waals surface area contributed by atoms with Crippen LogP contribution >= 0.6 is 0 Å². The summed E-state index contributed by atoms with van der Waals surface area (Å²) < 4.78 is 5.49. The summed E-state index contributed by atoms with van der Waals surface area (Å²) in [6, 6.07) is 7.20. The van der Waals surface area contributed by atoms with Crippen LogP contribution in [0.2, 0.25) is 0 Å². The number of hydrogen-bond acceptors (Lipinski definition) is 2. The summed E-state index contributed by atoms with van der Waals surface area (Å²) in [6.07, 6.45) is 6.89. The molecule has 4 heteroatoms. The zero-order chi connectivity index (χ0) is 15.1. The van der Waals surface area contributed by atoms with Gasteiger partial charge in [-0.1, -0.05) is 30.5 Å². The molecular formula is C17H24N2O2. The number of ether oxygens (including phenoxy) is 1. The van der Waals surface area contributed by atoms with E-state index in [-0.39, 0.29) is 6.03 Å². The molecule has 1 saturated carbocycles. The van der Waals surface area contributed by atoms with E-state index in [9.17, 15) is 4.79 Å². The van der Waals surface area contributed by atoms with Gasteiger partial charge in [0.05, 0.1) is 12.3 Å². The van der Waals surface area contributed by atoms with Crippen molar-refractivity contribution in [2.24, 2.45) is 5.92 Å². The minimum Gasteiger partial charge on any atom is -0.492 e. The number of anilines is 1. The first kappa shape index (κ1) is 15.4. The third-order valence-corrected chi connectivity index (χ3v) is 3.87. The van der Waals surface area contributed by atoms with Crippen molar-refractivity contribution in [2.75, 3.05) is 11.9 Å². The Bertz CT molecular complexity index is 505. The first-order valence-corrected chi connectivity index (χ1v) is 7.66. The molecular weight excluding hydrogens is 264 g/mol. The average Bonchev–Trinajstić information content (AvgIpc) is 3.01. The van der Waals surface area contributed by atoms with E-state index in [0.29, 0.717) is 24.0 Å². The van der Waals surface area contributed by atoms with E-state index in [4.69, 9.17) is 4.74 Å². The normalized spacial score (nSPS) is 15.8. The van der Waals surface area contributed by atoms with Crippen LogP contribution in [0, 0.1) is 5.92 Å². The second-order valence-corrected chi connectivity index (χ2v) is 5.40. The number of carbonyl (C=O) groups is 1. The molecule has 114 valence electrons.